The molecule has 0 heterocycles. The van der Waals surface area contributed by atoms with Crippen LogP contribution in [0.4, 0.5) is 0 Å². The second-order valence-corrected chi connectivity index (χ2v) is 5.31. The van der Waals surface area contributed by atoms with E-state index in [-0.39, 0.29) is 28.9 Å². The molecule has 19 heavy (non-hydrogen) atoms. The molecule has 2 rings (SSSR count). The second-order valence-electron chi connectivity index (χ2n) is 5.31. The number of hydrogen-bond donors (Lipinski definition) is 0. The molecule has 5 heteroatoms. The largest absolute Gasteiger partial charge is 2.00 e. The van der Waals surface area contributed by atoms with Crippen LogP contribution in [0.1, 0.15) is 64.2 Å². The molecule has 1 radical (unpaired) electrons. The van der Waals surface area contributed by atoms with Gasteiger partial charge in [-0.1, -0.05) is 38.5 Å². The Morgan fingerprint density at radius 1 is 0.632 bits per heavy atom. The molecule has 0 saturated heterocycles. The third-order valence-corrected chi connectivity index (χ3v) is 3.88. The van der Waals surface area contributed by atoms with Crippen LogP contribution in [-0.2, 0) is 26.7 Å². The molecule has 0 amide bonds. The fourth-order valence-electron chi connectivity index (χ4n) is 2.68. The summed E-state index contributed by atoms with van der Waals surface area (Å²) in [5.41, 5.74) is 0. The van der Waals surface area contributed by atoms with Crippen LogP contribution in [0, 0.1) is 11.8 Å². The van der Waals surface area contributed by atoms with Crippen LogP contribution in [0.2, 0.25) is 0 Å². The van der Waals surface area contributed by atoms with Gasteiger partial charge in [0.2, 0.25) is 0 Å². The van der Waals surface area contributed by atoms with Crippen molar-refractivity contribution in [3.63, 3.8) is 0 Å². The Balaban J connectivity index is 0.000000324. The van der Waals surface area contributed by atoms with Crippen molar-refractivity contribution in [1.29, 1.82) is 0 Å². The van der Waals surface area contributed by atoms with E-state index in [1.54, 1.807) is 0 Å². The van der Waals surface area contributed by atoms with Crippen molar-refractivity contribution in [1.82, 2.24) is 0 Å². The summed E-state index contributed by atoms with van der Waals surface area (Å²) in [6.07, 6.45) is 10.0. The minimum Gasteiger partial charge on any atom is -0.550 e. The Labute approximate surface area is 125 Å². The average molecular weight is 318 g/mol. The molecule has 0 bridgehead atoms. The van der Waals surface area contributed by atoms with Crippen LogP contribution < -0.4 is 10.2 Å². The van der Waals surface area contributed by atoms with Crippen LogP contribution >= 0.6 is 0 Å². The van der Waals surface area contributed by atoms with E-state index in [0.29, 0.717) is 0 Å². The van der Waals surface area contributed by atoms with Gasteiger partial charge in [0.05, 0.1) is 0 Å². The van der Waals surface area contributed by atoms with E-state index in [4.69, 9.17) is 0 Å². The van der Waals surface area contributed by atoms with Crippen molar-refractivity contribution in [2.45, 2.75) is 64.2 Å². The first-order valence-electron chi connectivity index (χ1n) is 7.03. The van der Waals surface area contributed by atoms with Crippen molar-refractivity contribution in [3.8, 4) is 0 Å². The van der Waals surface area contributed by atoms with Gasteiger partial charge in [-0.15, -0.1) is 0 Å². The number of carbonyl (C=O) groups excluding carboxylic acids is 2. The smallest absolute Gasteiger partial charge is 0.550 e. The molecule has 2 saturated carbocycles. The maximum absolute atomic E-state index is 10.2. The fraction of sp³-hybridized carbons (Fsp3) is 0.857. The van der Waals surface area contributed by atoms with Gasteiger partial charge >= 0.3 is 17.1 Å². The van der Waals surface area contributed by atoms with Crippen LogP contribution in [0.25, 0.3) is 0 Å². The molecule has 0 aliphatic heterocycles. The Hall–Kier alpha value is -0.541. The molecule has 0 spiro atoms. The van der Waals surface area contributed by atoms with Crippen molar-refractivity contribution < 1.29 is 36.9 Å². The van der Waals surface area contributed by atoms with Crippen molar-refractivity contribution in [3.05, 3.63) is 0 Å². The maximum Gasteiger partial charge on any atom is 2.00 e. The summed E-state index contributed by atoms with van der Waals surface area (Å²) >= 11 is 0. The summed E-state index contributed by atoms with van der Waals surface area (Å²) in [6, 6.07) is 0. The number of carboxylic acids is 2. The van der Waals surface area contributed by atoms with Gasteiger partial charge in [0, 0.05) is 11.9 Å². The molecule has 0 N–H and O–H groups in total. The first kappa shape index (κ1) is 18.5. The van der Waals surface area contributed by atoms with Crippen LogP contribution in [-0.4, -0.2) is 11.9 Å². The number of aliphatic carboxylic acids is 2. The van der Waals surface area contributed by atoms with E-state index >= 15 is 0 Å². The first-order chi connectivity index (χ1) is 8.61. The molecule has 0 atom stereocenters. The summed E-state index contributed by atoms with van der Waals surface area (Å²) < 4.78 is 0. The maximum atomic E-state index is 10.2. The van der Waals surface area contributed by atoms with E-state index in [9.17, 15) is 19.8 Å². The van der Waals surface area contributed by atoms with Gasteiger partial charge in [-0.25, -0.2) is 0 Å². The molecule has 2 fully saturated rings. The molecule has 2 aliphatic carbocycles. The number of rotatable bonds is 2. The minimum atomic E-state index is -0.852. The van der Waals surface area contributed by atoms with Gasteiger partial charge in [-0.3, -0.25) is 0 Å². The zero-order chi connectivity index (χ0) is 13.4. The first-order valence-corrected chi connectivity index (χ1v) is 7.03. The summed E-state index contributed by atoms with van der Waals surface area (Å²) in [5.74, 6) is -1.98. The van der Waals surface area contributed by atoms with E-state index in [2.05, 4.69) is 0 Å². The molecular weight excluding hydrogens is 296 g/mol. The molecule has 113 valence electrons. The standard InChI is InChI=1S/2C7H12O2.Cu/c2*8-7(9)6-4-2-1-3-5-6;/h2*6H,1-5H2,(H,8,9);/q;;+2/p-2. The number of carboxylic acid groups (broad SMARTS) is 2. The summed E-state index contributed by atoms with van der Waals surface area (Å²) in [4.78, 5) is 20.5. The average Bonchev–Trinajstić information content (AvgIpc) is 2.41. The molecule has 0 aromatic carbocycles. The second kappa shape index (κ2) is 10.3. The van der Waals surface area contributed by atoms with Crippen LogP contribution in [0.3, 0.4) is 0 Å². The zero-order valence-corrected chi connectivity index (χ0v) is 12.1. The van der Waals surface area contributed by atoms with E-state index in [0.717, 1.165) is 51.4 Å². The van der Waals surface area contributed by atoms with Gasteiger partial charge in [-0.05, 0) is 37.5 Å². The van der Waals surface area contributed by atoms with Gasteiger partial charge < -0.3 is 19.8 Å². The fourth-order valence-corrected chi connectivity index (χ4v) is 2.68. The van der Waals surface area contributed by atoms with Gasteiger partial charge in [0.15, 0.2) is 0 Å². The molecule has 0 unspecified atom stereocenters. The SMILES string of the molecule is O=C([O-])C1CCCCC1.O=C([O-])C1CCCCC1.[Cu+2]. The van der Waals surface area contributed by atoms with Crippen molar-refractivity contribution in [2.24, 2.45) is 11.8 Å². The van der Waals surface area contributed by atoms with E-state index in [1.807, 2.05) is 0 Å². The minimum absolute atomic E-state index is 0. The topological polar surface area (TPSA) is 80.3 Å². The molecule has 0 aromatic heterocycles. The van der Waals surface area contributed by atoms with E-state index < -0.39 is 11.9 Å². The Bertz CT molecular complexity index is 241. The van der Waals surface area contributed by atoms with Crippen LogP contribution in [0.5, 0.6) is 0 Å². The zero-order valence-electron chi connectivity index (χ0n) is 11.2. The summed E-state index contributed by atoms with van der Waals surface area (Å²) in [5, 5.41) is 20.5. The quantitative estimate of drug-likeness (QED) is 0.700. The normalized spacial score (nSPS) is 20.6. The van der Waals surface area contributed by atoms with Crippen molar-refractivity contribution >= 4 is 11.9 Å². The van der Waals surface area contributed by atoms with Gasteiger partial charge in [0.25, 0.3) is 0 Å². The van der Waals surface area contributed by atoms with E-state index in [1.165, 1.54) is 12.8 Å². The third-order valence-electron chi connectivity index (χ3n) is 3.88. The monoisotopic (exact) mass is 317 g/mol. The molecular formula is C14H22CuO4. The van der Waals surface area contributed by atoms with Crippen molar-refractivity contribution in [2.75, 3.05) is 0 Å². The molecule has 4 nitrogen and oxygen atoms in total. The Kier molecular flexibility index (Phi) is 9.98. The summed E-state index contributed by atoms with van der Waals surface area (Å²) in [6.45, 7) is 0. The number of carbonyl (C=O) groups is 2. The number of hydrogen-bond acceptors (Lipinski definition) is 4. The Morgan fingerprint density at radius 2 is 0.895 bits per heavy atom. The van der Waals surface area contributed by atoms with Gasteiger partial charge in [0.1, 0.15) is 0 Å². The third kappa shape index (κ3) is 7.58. The predicted molar refractivity (Wildman–Crippen MR) is 63.2 cm³/mol. The predicted octanol–water partition coefficient (Wildman–Crippen LogP) is 0.631. The van der Waals surface area contributed by atoms with Gasteiger partial charge in [-0.2, -0.15) is 0 Å². The molecule has 0 aromatic rings. The van der Waals surface area contributed by atoms with Crippen LogP contribution in [0.15, 0.2) is 0 Å². The Morgan fingerprint density at radius 3 is 1.05 bits per heavy atom. The summed E-state index contributed by atoms with van der Waals surface area (Å²) in [7, 11) is 0. The molecule has 2 aliphatic rings.